The van der Waals surface area contributed by atoms with E-state index in [-0.39, 0.29) is 0 Å². The number of hydrogen-bond donors (Lipinski definition) is 2. The van der Waals surface area contributed by atoms with Gasteiger partial charge in [-0.3, -0.25) is 0 Å². The van der Waals surface area contributed by atoms with Gasteiger partial charge in [0.1, 0.15) is 5.60 Å². The molecule has 0 radical (unpaired) electrons. The smallest absolute Gasteiger partial charge is 0.108 e. The molecule has 1 fully saturated rings. The standard InChI is InChI=1S/C15H20N2OS2/c1-15(18,13-6-3-7-19-13)10-16-8-12-9-17-14(20-12)11-4-2-5-11/h3,6-7,9,11,16,18H,2,4-5,8,10H2,1H3. The van der Waals surface area contributed by atoms with Crippen LogP contribution in [0.3, 0.4) is 0 Å². The molecule has 3 nitrogen and oxygen atoms in total. The van der Waals surface area contributed by atoms with Crippen molar-refractivity contribution < 1.29 is 5.11 Å². The molecule has 0 aromatic carbocycles. The summed E-state index contributed by atoms with van der Waals surface area (Å²) in [7, 11) is 0. The molecule has 0 aliphatic heterocycles. The minimum atomic E-state index is -0.796. The summed E-state index contributed by atoms with van der Waals surface area (Å²) in [5, 5.41) is 17.1. The lowest BCUT2D eigenvalue weighted by Gasteiger charge is -2.22. The summed E-state index contributed by atoms with van der Waals surface area (Å²) >= 11 is 3.41. The van der Waals surface area contributed by atoms with E-state index in [1.165, 1.54) is 29.1 Å². The quantitative estimate of drug-likeness (QED) is 0.859. The van der Waals surface area contributed by atoms with E-state index in [0.717, 1.165) is 11.4 Å². The van der Waals surface area contributed by atoms with Crippen molar-refractivity contribution >= 4 is 22.7 Å². The van der Waals surface area contributed by atoms with Crippen LogP contribution in [0.2, 0.25) is 0 Å². The zero-order valence-electron chi connectivity index (χ0n) is 11.6. The van der Waals surface area contributed by atoms with Crippen molar-refractivity contribution in [3.8, 4) is 0 Å². The van der Waals surface area contributed by atoms with E-state index in [1.54, 1.807) is 11.3 Å². The Morgan fingerprint density at radius 3 is 3.00 bits per heavy atom. The number of thiophene rings is 1. The Labute approximate surface area is 127 Å². The molecule has 0 spiro atoms. The molecule has 108 valence electrons. The van der Waals surface area contributed by atoms with Gasteiger partial charge in [0.2, 0.25) is 0 Å². The number of aliphatic hydroxyl groups is 1. The molecule has 2 aromatic rings. The van der Waals surface area contributed by atoms with Crippen molar-refractivity contribution in [2.24, 2.45) is 0 Å². The zero-order valence-corrected chi connectivity index (χ0v) is 13.3. The first kappa shape index (κ1) is 14.2. The fraction of sp³-hybridized carbons (Fsp3) is 0.533. The molecule has 0 saturated heterocycles. The highest BCUT2D eigenvalue weighted by Gasteiger charge is 2.24. The minimum Gasteiger partial charge on any atom is -0.383 e. The Kier molecular flexibility index (Phi) is 4.21. The van der Waals surface area contributed by atoms with Crippen LogP contribution >= 0.6 is 22.7 Å². The maximum absolute atomic E-state index is 10.4. The van der Waals surface area contributed by atoms with Gasteiger partial charge < -0.3 is 10.4 Å². The fourth-order valence-corrected chi connectivity index (χ4v) is 4.19. The molecular formula is C15H20N2OS2. The molecule has 0 amide bonds. The monoisotopic (exact) mass is 308 g/mol. The molecule has 1 aliphatic carbocycles. The first-order chi connectivity index (χ1) is 9.65. The number of hydrogen-bond acceptors (Lipinski definition) is 5. The second-order valence-electron chi connectivity index (χ2n) is 5.65. The summed E-state index contributed by atoms with van der Waals surface area (Å²) in [6.45, 7) is 3.20. The third-order valence-electron chi connectivity index (χ3n) is 3.85. The number of nitrogens with one attached hydrogen (secondary N) is 1. The fourth-order valence-electron chi connectivity index (χ4n) is 2.35. The number of aromatic nitrogens is 1. The van der Waals surface area contributed by atoms with E-state index in [2.05, 4.69) is 10.3 Å². The highest BCUT2D eigenvalue weighted by molar-refractivity contribution is 7.11. The lowest BCUT2D eigenvalue weighted by atomic mass is 9.86. The lowest BCUT2D eigenvalue weighted by Crippen LogP contribution is -2.34. The van der Waals surface area contributed by atoms with Crippen molar-refractivity contribution in [3.63, 3.8) is 0 Å². The SMILES string of the molecule is CC(O)(CNCc1cnc(C2CCC2)s1)c1cccs1. The van der Waals surface area contributed by atoms with Gasteiger partial charge in [0.05, 0.1) is 5.01 Å². The molecule has 0 bridgehead atoms. The predicted octanol–water partition coefficient (Wildman–Crippen LogP) is 3.47. The number of rotatable bonds is 6. The molecule has 2 aromatic heterocycles. The van der Waals surface area contributed by atoms with Crippen LogP contribution in [0.25, 0.3) is 0 Å². The Bertz CT molecular complexity index is 544. The highest BCUT2D eigenvalue weighted by atomic mass is 32.1. The van der Waals surface area contributed by atoms with Crippen LogP contribution in [0.15, 0.2) is 23.7 Å². The third-order valence-corrected chi connectivity index (χ3v) is 6.13. The van der Waals surface area contributed by atoms with E-state index >= 15 is 0 Å². The molecule has 20 heavy (non-hydrogen) atoms. The second kappa shape index (κ2) is 5.93. The van der Waals surface area contributed by atoms with Gasteiger partial charge in [-0.25, -0.2) is 4.98 Å². The summed E-state index contributed by atoms with van der Waals surface area (Å²) in [5.74, 6) is 0.711. The summed E-state index contributed by atoms with van der Waals surface area (Å²) < 4.78 is 0. The van der Waals surface area contributed by atoms with Crippen LogP contribution in [0.1, 0.15) is 46.9 Å². The molecular weight excluding hydrogens is 288 g/mol. The number of nitrogens with zero attached hydrogens (tertiary/aromatic N) is 1. The molecule has 1 atom stereocenters. The maximum Gasteiger partial charge on any atom is 0.108 e. The van der Waals surface area contributed by atoms with Gasteiger partial charge in [-0.1, -0.05) is 12.5 Å². The first-order valence-corrected chi connectivity index (χ1v) is 8.76. The zero-order chi connectivity index (χ0) is 14.0. The van der Waals surface area contributed by atoms with Crippen LogP contribution in [0.5, 0.6) is 0 Å². The van der Waals surface area contributed by atoms with Crippen LogP contribution in [0.4, 0.5) is 0 Å². The summed E-state index contributed by atoms with van der Waals surface area (Å²) in [4.78, 5) is 6.78. The third kappa shape index (κ3) is 3.11. The first-order valence-electron chi connectivity index (χ1n) is 7.07. The van der Waals surface area contributed by atoms with Gasteiger partial charge in [-0.2, -0.15) is 0 Å². The largest absolute Gasteiger partial charge is 0.383 e. The van der Waals surface area contributed by atoms with Crippen molar-refractivity contribution in [3.05, 3.63) is 38.5 Å². The van der Waals surface area contributed by atoms with Crippen molar-refractivity contribution in [2.75, 3.05) is 6.54 Å². The van der Waals surface area contributed by atoms with Crippen LogP contribution in [-0.4, -0.2) is 16.6 Å². The highest BCUT2D eigenvalue weighted by Crippen LogP contribution is 2.38. The van der Waals surface area contributed by atoms with E-state index < -0.39 is 5.60 Å². The lowest BCUT2D eigenvalue weighted by molar-refractivity contribution is 0.0605. The van der Waals surface area contributed by atoms with Crippen molar-refractivity contribution in [2.45, 2.75) is 44.2 Å². The Balaban J connectivity index is 1.51. The van der Waals surface area contributed by atoms with Crippen LogP contribution in [0, 0.1) is 0 Å². The van der Waals surface area contributed by atoms with Crippen LogP contribution < -0.4 is 5.32 Å². The van der Waals surface area contributed by atoms with Gasteiger partial charge in [-0.15, -0.1) is 22.7 Å². The average molecular weight is 308 g/mol. The summed E-state index contributed by atoms with van der Waals surface area (Å²) in [6.07, 6.45) is 5.92. The maximum atomic E-state index is 10.4. The minimum absolute atomic E-state index is 0.560. The van der Waals surface area contributed by atoms with Gasteiger partial charge in [-0.05, 0) is 31.2 Å². The van der Waals surface area contributed by atoms with Crippen molar-refractivity contribution in [1.82, 2.24) is 10.3 Å². The normalized spacial score (nSPS) is 18.7. The predicted molar refractivity (Wildman–Crippen MR) is 84.3 cm³/mol. The Morgan fingerprint density at radius 1 is 1.50 bits per heavy atom. The molecule has 5 heteroatoms. The second-order valence-corrected chi connectivity index (χ2v) is 7.74. The van der Waals surface area contributed by atoms with Crippen molar-refractivity contribution in [1.29, 1.82) is 0 Å². The molecule has 2 N–H and O–H groups in total. The Morgan fingerprint density at radius 2 is 2.35 bits per heavy atom. The van der Waals surface area contributed by atoms with Crippen LogP contribution in [-0.2, 0) is 12.1 Å². The molecule has 1 aliphatic rings. The Hall–Kier alpha value is -0.750. The van der Waals surface area contributed by atoms with Gasteiger partial charge in [0.25, 0.3) is 0 Å². The average Bonchev–Trinajstić information content (AvgIpc) is 2.97. The number of thiazole rings is 1. The molecule has 1 saturated carbocycles. The van der Waals surface area contributed by atoms with Gasteiger partial charge >= 0.3 is 0 Å². The van der Waals surface area contributed by atoms with E-state index in [9.17, 15) is 5.11 Å². The topological polar surface area (TPSA) is 45.1 Å². The summed E-state index contributed by atoms with van der Waals surface area (Å²) in [5.41, 5.74) is -0.796. The molecule has 2 heterocycles. The van der Waals surface area contributed by atoms with E-state index in [1.807, 2.05) is 42.0 Å². The van der Waals surface area contributed by atoms with Gasteiger partial charge in [0, 0.05) is 35.0 Å². The van der Waals surface area contributed by atoms with Gasteiger partial charge in [0.15, 0.2) is 0 Å². The molecule has 1 unspecified atom stereocenters. The molecule has 3 rings (SSSR count). The summed E-state index contributed by atoms with van der Waals surface area (Å²) in [6, 6.07) is 3.95. The van der Waals surface area contributed by atoms with E-state index in [4.69, 9.17) is 0 Å². The van der Waals surface area contributed by atoms with E-state index in [0.29, 0.717) is 12.5 Å².